The Kier molecular flexibility index (Phi) is 8.47. The molecule has 1 rings (SSSR count). The molecular formula is C19H31N3O2. The van der Waals surface area contributed by atoms with Crippen molar-refractivity contribution in [2.24, 2.45) is 0 Å². The Balaban J connectivity index is 2.55. The first-order valence-corrected chi connectivity index (χ1v) is 8.71. The summed E-state index contributed by atoms with van der Waals surface area (Å²) in [5, 5.41) is 2.92. The van der Waals surface area contributed by atoms with E-state index in [0.29, 0.717) is 6.54 Å². The van der Waals surface area contributed by atoms with Crippen molar-refractivity contribution in [1.82, 2.24) is 9.80 Å². The highest BCUT2D eigenvalue weighted by molar-refractivity contribution is 5.95. The Hall–Kier alpha value is -1.88. The zero-order chi connectivity index (χ0) is 18.1. The summed E-state index contributed by atoms with van der Waals surface area (Å²) >= 11 is 0. The summed E-state index contributed by atoms with van der Waals surface area (Å²) in [6.45, 7) is 10.3. The van der Waals surface area contributed by atoms with E-state index in [4.69, 9.17) is 0 Å². The lowest BCUT2D eigenvalue weighted by molar-refractivity contribution is -0.134. The van der Waals surface area contributed by atoms with Gasteiger partial charge in [-0.2, -0.15) is 0 Å². The molecule has 1 N–H and O–H groups in total. The van der Waals surface area contributed by atoms with Crippen LogP contribution < -0.4 is 5.32 Å². The maximum atomic E-state index is 12.3. The van der Waals surface area contributed by atoms with Gasteiger partial charge in [-0.15, -0.1) is 0 Å². The van der Waals surface area contributed by atoms with Crippen molar-refractivity contribution in [3.05, 3.63) is 29.3 Å². The number of nitrogens with zero attached hydrogens (tertiary/aromatic N) is 2. The van der Waals surface area contributed by atoms with Gasteiger partial charge >= 0.3 is 0 Å². The number of nitrogens with one attached hydrogen (secondary N) is 1. The van der Waals surface area contributed by atoms with Crippen LogP contribution in [0.4, 0.5) is 5.69 Å². The third-order valence-corrected chi connectivity index (χ3v) is 4.19. The van der Waals surface area contributed by atoms with E-state index in [1.807, 2.05) is 32.0 Å². The van der Waals surface area contributed by atoms with Crippen LogP contribution in [-0.4, -0.2) is 54.8 Å². The van der Waals surface area contributed by atoms with Gasteiger partial charge in [-0.1, -0.05) is 38.5 Å². The van der Waals surface area contributed by atoms with Gasteiger partial charge in [-0.3, -0.25) is 14.5 Å². The van der Waals surface area contributed by atoms with E-state index in [1.54, 1.807) is 7.05 Å². The van der Waals surface area contributed by atoms with Crippen molar-refractivity contribution in [2.45, 2.75) is 40.5 Å². The lowest BCUT2D eigenvalue weighted by Crippen LogP contribution is -2.42. The van der Waals surface area contributed by atoms with Crippen LogP contribution in [0.2, 0.25) is 0 Å². The summed E-state index contributed by atoms with van der Waals surface area (Å²) in [7, 11) is 1.68. The van der Waals surface area contributed by atoms with E-state index in [9.17, 15) is 9.59 Å². The molecule has 0 atom stereocenters. The largest absolute Gasteiger partial charge is 0.335 e. The number of carbonyl (C=O) groups excluding carboxylic acids is 2. The van der Waals surface area contributed by atoms with Crippen LogP contribution in [-0.2, 0) is 9.59 Å². The van der Waals surface area contributed by atoms with Crippen molar-refractivity contribution < 1.29 is 9.59 Å². The minimum Gasteiger partial charge on any atom is -0.335 e. The number of aryl methyl sites for hydroxylation is 2. The Morgan fingerprint density at radius 3 is 2.25 bits per heavy atom. The topological polar surface area (TPSA) is 52.7 Å². The van der Waals surface area contributed by atoms with Crippen LogP contribution in [0.5, 0.6) is 0 Å². The number of hydrogen-bond acceptors (Lipinski definition) is 3. The van der Waals surface area contributed by atoms with E-state index in [-0.39, 0.29) is 18.4 Å². The van der Waals surface area contributed by atoms with E-state index >= 15 is 0 Å². The van der Waals surface area contributed by atoms with Crippen molar-refractivity contribution in [1.29, 1.82) is 0 Å². The van der Waals surface area contributed by atoms with Crippen LogP contribution in [0.15, 0.2) is 18.2 Å². The van der Waals surface area contributed by atoms with Gasteiger partial charge in [0.15, 0.2) is 0 Å². The second-order valence-corrected chi connectivity index (χ2v) is 6.29. The predicted molar refractivity (Wildman–Crippen MR) is 99.2 cm³/mol. The number of benzene rings is 1. The number of para-hydroxylation sites is 1. The molecule has 0 saturated carbocycles. The van der Waals surface area contributed by atoms with E-state index in [0.717, 1.165) is 42.7 Å². The standard InChI is InChI=1S/C19H31N3O2/c1-6-8-12-22(7-2)14-18(24)21(5)13-17(23)20-19-15(3)10-9-11-16(19)4/h9-11H,6-8,12-14H2,1-5H3,(H,20,23). The monoisotopic (exact) mass is 333 g/mol. The Morgan fingerprint density at radius 1 is 1.08 bits per heavy atom. The zero-order valence-electron chi connectivity index (χ0n) is 15.7. The number of amides is 2. The molecule has 0 aliphatic rings. The van der Waals surface area contributed by atoms with Crippen molar-refractivity contribution in [2.75, 3.05) is 38.5 Å². The van der Waals surface area contributed by atoms with Gasteiger partial charge in [-0.05, 0) is 44.5 Å². The molecule has 0 fully saturated rings. The summed E-state index contributed by atoms with van der Waals surface area (Å²) in [6, 6.07) is 5.89. The lowest BCUT2D eigenvalue weighted by atomic mass is 10.1. The van der Waals surface area contributed by atoms with Gasteiger partial charge in [0.25, 0.3) is 0 Å². The fourth-order valence-corrected chi connectivity index (χ4v) is 2.54. The molecule has 134 valence electrons. The summed E-state index contributed by atoms with van der Waals surface area (Å²) in [5.41, 5.74) is 2.88. The average Bonchev–Trinajstić information content (AvgIpc) is 2.54. The highest BCUT2D eigenvalue weighted by atomic mass is 16.2. The normalized spacial score (nSPS) is 10.8. The number of hydrogen-bond donors (Lipinski definition) is 1. The van der Waals surface area contributed by atoms with Gasteiger partial charge in [0.05, 0.1) is 13.1 Å². The fraction of sp³-hybridized carbons (Fsp3) is 0.579. The average molecular weight is 333 g/mol. The van der Waals surface area contributed by atoms with Gasteiger partial charge in [0, 0.05) is 12.7 Å². The molecule has 0 aromatic heterocycles. The molecule has 2 amide bonds. The molecule has 0 unspecified atom stereocenters. The van der Waals surface area contributed by atoms with Crippen LogP contribution in [0.1, 0.15) is 37.8 Å². The molecular weight excluding hydrogens is 302 g/mol. The minimum atomic E-state index is -0.167. The summed E-state index contributed by atoms with van der Waals surface area (Å²) in [4.78, 5) is 28.2. The number of anilines is 1. The van der Waals surface area contributed by atoms with E-state index in [2.05, 4.69) is 24.1 Å². The minimum absolute atomic E-state index is 0.0235. The summed E-state index contributed by atoms with van der Waals surface area (Å²) in [5.74, 6) is -0.190. The SMILES string of the molecule is CCCCN(CC)CC(=O)N(C)CC(=O)Nc1c(C)cccc1C. The van der Waals surface area contributed by atoms with E-state index < -0.39 is 0 Å². The predicted octanol–water partition coefficient (Wildman–Crippen LogP) is 2.82. The first-order chi connectivity index (χ1) is 11.4. The van der Waals surface area contributed by atoms with Crippen molar-refractivity contribution >= 4 is 17.5 Å². The Bertz CT molecular complexity index is 537. The molecule has 0 aliphatic heterocycles. The third kappa shape index (κ3) is 6.32. The molecule has 1 aromatic carbocycles. The number of likely N-dealkylation sites (N-methyl/N-ethyl adjacent to an activating group) is 2. The first-order valence-electron chi connectivity index (χ1n) is 8.71. The molecule has 24 heavy (non-hydrogen) atoms. The smallest absolute Gasteiger partial charge is 0.243 e. The van der Waals surface area contributed by atoms with Gasteiger partial charge in [-0.25, -0.2) is 0 Å². The highest BCUT2D eigenvalue weighted by Crippen LogP contribution is 2.19. The quantitative estimate of drug-likeness (QED) is 0.756. The molecule has 0 radical (unpaired) electrons. The molecule has 0 heterocycles. The third-order valence-electron chi connectivity index (χ3n) is 4.19. The van der Waals surface area contributed by atoms with Crippen LogP contribution in [0.25, 0.3) is 0 Å². The second kappa shape index (κ2) is 10.1. The van der Waals surface area contributed by atoms with Crippen LogP contribution >= 0.6 is 0 Å². The maximum Gasteiger partial charge on any atom is 0.243 e. The first kappa shape index (κ1) is 20.2. The van der Waals surface area contributed by atoms with Gasteiger partial charge in [0.1, 0.15) is 0 Å². The number of rotatable bonds is 9. The van der Waals surface area contributed by atoms with Gasteiger partial charge in [0.2, 0.25) is 11.8 Å². The van der Waals surface area contributed by atoms with Gasteiger partial charge < -0.3 is 10.2 Å². The molecule has 0 spiro atoms. The Labute approximate surface area is 146 Å². The highest BCUT2D eigenvalue weighted by Gasteiger charge is 2.16. The van der Waals surface area contributed by atoms with Crippen LogP contribution in [0, 0.1) is 13.8 Å². The summed E-state index contributed by atoms with van der Waals surface area (Å²) < 4.78 is 0. The molecule has 0 aliphatic carbocycles. The lowest BCUT2D eigenvalue weighted by Gasteiger charge is -2.23. The molecule has 0 bridgehead atoms. The molecule has 5 heteroatoms. The number of carbonyl (C=O) groups is 2. The number of unbranched alkanes of at least 4 members (excludes halogenated alkanes) is 1. The second-order valence-electron chi connectivity index (χ2n) is 6.29. The maximum absolute atomic E-state index is 12.3. The molecule has 5 nitrogen and oxygen atoms in total. The van der Waals surface area contributed by atoms with Crippen molar-refractivity contribution in [3.63, 3.8) is 0 Å². The van der Waals surface area contributed by atoms with E-state index in [1.165, 1.54) is 4.90 Å². The zero-order valence-corrected chi connectivity index (χ0v) is 15.7. The van der Waals surface area contributed by atoms with Crippen molar-refractivity contribution in [3.8, 4) is 0 Å². The van der Waals surface area contributed by atoms with Crippen LogP contribution in [0.3, 0.4) is 0 Å². The fourth-order valence-electron chi connectivity index (χ4n) is 2.54. The molecule has 1 aromatic rings. The molecule has 0 saturated heterocycles. The summed E-state index contributed by atoms with van der Waals surface area (Å²) in [6.07, 6.45) is 2.19. The Morgan fingerprint density at radius 2 is 1.71 bits per heavy atom.